The van der Waals surface area contributed by atoms with Gasteiger partial charge in [0.15, 0.2) is 0 Å². The van der Waals surface area contributed by atoms with Crippen LogP contribution in [-0.4, -0.2) is 27.8 Å². The topological polar surface area (TPSA) is 61.0 Å². The first-order valence-electron chi connectivity index (χ1n) is 9.06. The SMILES string of the molecule is CN1Cc2cc(Nc3cc(C4CC4)c4c(C(F)(F)F)c[nH]c4n3)ccc2C1=O. The van der Waals surface area contributed by atoms with Crippen LogP contribution in [0.25, 0.3) is 11.0 Å². The summed E-state index contributed by atoms with van der Waals surface area (Å²) in [6.45, 7) is 0.537. The quantitative estimate of drug-likeness (QED) is 0.681. The van der Waals surface area contributed by atoms with Crippen molar-refractivity contribution in [3.63, 3.8) is 0 Å². The summed E-state index contributed by atoms with van der Waals surface area (Å²) >= 11 is 0. The van der Waals surface area contributed by atoms with E-state index in [0.29, 0.717) is 23.5 Å². The highest BCUT2D eigenvalue weighted by molar-refractivity contribution is 5.98. The largest absolute Gasteiger partial charge is 0.418 e. The van der Waals surface area contributed by atoms with Gasteiger partial charge in [-0.05, 0) is 54.2 Å². The van der Waals surface area contributed by atoms with Gasteiger partial charge in [-0.2, -0.15) is 13.2 Å². The summed E-state index contributed by atoms with van der Waals surface area (Å²) in [4.78, 5) is 20.7. The van der Waals surface area contributed by atoms with Gasteiger partial charge in [-0.25, -0.2) is 4.98 Å². The number of anilines is 2. The molecule has 1 amide bonds. The number of fused-ring (bicyclic) bond motifs is 2. The number of rotatable bonds is 3. The highest BCUT2D eigenvalue weighted by Gasteiger charge is 2.37. The number of nitrogens with one attached hydrogen (secondary N) is 2. The molecule has 5 nitrogen and oxygen atoms in total. The summed E-state index contributed by atoms with van der Waals surface area (Å²) in [6.07, 6.45) is -1.66. The van der Waals surface area contributed by atoms with E-state index in [1.54, 1.807) is 30.1 Å². The number of nitrogens with zero attached hydrogens (tertiary/aromatic N) is 2. The van der Waals surface area contributed by atoms with Gasteiger partial charge in [0.2, 0.25) is 0 Å². The number of alkyl halides is 3. The molecule has 0 bridgehead atoms. The van der Waals surface area contributed by atoms with Gasteiger partial charge in [0.1, 0.15) is 11.5 Å². The van der Waals surface area contributed by atoms with E-state index in [0.717, 1.165) is 30.3 Å². The number of carbonyl (C=O) groups excluding carboxylic acids is 1. The number of aromatic amines is 1. The molecular formula is C20H17F3N4O. The Labute approximate surface area is 158 Å². The van der Waals surface area contributed by atoms with Crippen molar-refractivity contribution >= 4 is 28.4 Å². The van der Waals surface area contributed by atoms with Crippen LogP contribution in [-0.2, 0) is 12.7 Å². The highest BCUT2D eigenvalue weighted by atomic mass is 19.4. The van der Waals surface area contributed by atoms with E-state index in [-0.39, 0.29) is 22.9 Å². The first-order chi connectivity index (χ1) is 13.3. The molecule has 1 saturated carbocycles. The first-order valence-corrected chi connectivity index (χ1v) is 9.06. The van der Waals surface area contributed by atoms with E-state index in [1.807, 2.05) is 6.07 Å². The van der Waals surface area contributed by atoms with Crippen LogP contribution in [0.4, 0.5) is 24.7 Å². The summed E-state index contributed by atoms with van der Waals surface area (Å²) in [5.41, 5.74) is 2.59. The molecular weight excluding hydrogens is 369 g/mol. The first kappa shape index (κ1) is 17.1. The van der Waals surface area contributed by atoms with E-state index in [1.165, 1.54) is 0 Å². The predicted molar refractivity (Wildman–Crippen MR) is 98.6 cm³/mol. The molecule has 5 rings (SSSR count). The Hall–Kier alpha value is -3.03. The smallest absolute Gasteiger partial charge is 0.345 e. The summed E-state index contributed by atoms with van der Waals surface area (Å²) in [7, 11) is 1.75. The van der Waals surface area contributed by atoms with Crippen LogP contribution < -0.4 is 5.32 Å². The number of pyridine rings is 1. The fourth-order valence-electron chi connectivity index (χ4n) is 3.86. The van der Waals surface area contributed by atoms with Gasteiger partial charge < -0.3 is 15.2 Å². The van der Waals surface area contributed by atoms with E-state index in [9.17, 15) is 18.0 Å². The van der Waals surface area contributed by atoms with E-state index in [2.05, 4.69) is 15.3 Å². The van der Waals surface area contributed by atoms with Crippen molar-refractivity contribution in [1.29, 1.82) is 0 Å². The van der Waals surface area contributed by atoms with Crippen LogP contribution in [0.3, 0.4) is 0 Å². The Balaban J connectivity index is 1.54. The van der Waals surface area contributed by atoms with Crippen molar-refractivity contribution in [2.24, 2.45) is 0 Å². The average molecular weight is 386 g/mol. The monoisotopic (exact) mass is 386 g/mol. The lowest BCUT2D eigenvalue weighted by atomic mass is 10.0. The third-order valence-electron chi connectivity index (χ3n) is 5.36. The van der Waals surface area contributed by atoms with Crippen LogP contribution in [0.2, 0.25) is 0 Å². The molecule has 144 valence electrons. The maximum Gasteiger partial charge on any atom is 0.418 e. The van der Waals surface area contributed by atoms with Crippen molar-refractivity contribution in [2.45, 2.75) is 31.5 Å². The number of hydrogen-bond donors (Lipinski definition) is 2. The summed E-state index contributed by atoms with van der Waals surface area (Å²) in [5.74, 6) is 0.611. The minimum Gasteiger partial charge on any atom is -0.345 e. The van der Waals surface area contributed by atoms with Crippen molar-refractivity contribution in [3.05, 3.63) is 52.7 Å². The van der Waals surface area contributed by atoms with Crippen LogP contribution in [0.15, 0.2) is 30.5 Å². The predicted octanol–water partition coefficient (Wildman–Crippen LogP) is 4.79. The molecule has 3 heterocycles. The van der Waals surface area contributed by atoms with Crippen LogP contribution in [0, 0.1) is 0 Å². The fraction of sp³-hybridized carbons (Fsp3) is 0.300. The molecule has 1 aromatic carbocycles. The van der Waals surface area contributed by atoms with Gasteiger partial charge >= 0.3 is 6.18 Å². The lowest BCUT2D eigenvalue weighted by molar-refractivity contribution is -0.136. The molecule has 1 aliphatic carbocycles. The molecule has 2 aliphatic rings. The minimum absolute atomic E-state index is 0.0109. The number of aromatic nitrogens is 2. The molecule has 2 aromatic heterocycles. The highest BCUT2D eigenvalue weighted by Crippen LogP contribution is 2.47. The number of amides is 1. The zero-order chi connectivity index (χ0) is 19.6. The molecule has 0 atom stereocenters. The Morgan fingerprint density at radius 1 is 1.25 bits per heavy atom. The van der Waals surface area contributed by atoms with Gasteiger partial charge in [-0.3, -0.25) is 4.79 Å². The van der Waals surface area contributed by atoms with Gasteiger partial charge in [0.05, 0.1) is 5.56 Å². The average Bonchev–Trinajstić information content (AvgIpc) is 3.31. The molecule has 1 aliphatic heterocycles. The van der Waals surface area contributed by atoms with Crippen LogP contribution >= 0.6 is 0 Å². The van der Waals surface area contributed by atoms with Gasteiger partial charge in [0.25, 0.3) is 5.91 Å². The number of halogens is 3. The molecule has 0 spiro atoms. The van der Waals surface area contributed by atoms with Crippen molar-refractivity contribution in [3.8, 4) is 0 Å². The number of hydrogen-bond acceptors (Lipinski definition) is 3. The standard InChI is InChI=1S/C20H17F3N4O/c1-27-9-11-6-12(4-5-13(11)19(27)28)25-16-7-14(10-2-3-10)17-15(20(21,22)23)8-24-18(17)26-16/h4-8,10H,2-3,9H2,1H3,(H2,24,25,26). The molecule has 3 aromatic rings. The van der Waals surface area contributed by atoms with Crippen molar-refractivity contribution in [1.82, 2.24) is 14.9 Å². The van der Waals surface area contributed by atoms with Crippen molar-refractivity contribution < 1.29 is 18.0 Å². The number of benzene rings is 1. The van der Waals surface area contributed by atoms with Gasteiger partial charge in [-0.15, -0.1) is 0 Å². The zero-order valence-corrected chi connectivity index (χ0v) is 15.0. The second-order valence-corrected chi connectivity index (χ2v) is 7.45. The van der Waals surface area contributed by atoms with Gasteiger partial charge in [-0.1, -0.05) is 0 Å². The van der Waals surface area contributed by atoms with Crippen LogP contribution in [0.1, 0.15) is 45.8 Å². The maximum atomic E-state index is 13.4. The molecule has 0 radical (unpaired) electrons. The van der Waals surface area contributed by atoms with E-state index >= 15 is 0 Å². The lowest BCUT2D eigenvalue weighted by Crippen LogP contribution is -2.17. The van der Waals surface area contributed by atoms with E-state index < -0.39 is 11.7 Å². The zero-order valence-electron chi connectivity index (χ0n) is 15.0. The molecule has 0 unspecified atom stereocenters. The molecule has 28 heavy (non-hydrogen) atoms. The second kappa shape index (κ2) is 5.73. The Morgan fingerprint density at radius 2 is 2.04 bits per heavy atom. The maximum absolute atomic E-state index is 13.4. The Bertz CT molecular complexity index is 1110. The summed E-state index contributed by atoms with van der Waals surface area (Å²) in [5, 5.41) is 3.35. The fourth-order valence-corrected chi connectivity index (χ4v) is 3.86. The summed E-state index contributed by atoms with van der Waals surface area (Å²) < 4.78 is 40.1. The molecule has 0 saturated heterocycles. The second-order valence-electron chi connectivity index (χ2n) is 7.45. The third-order valence-corrected chi connectivity index (χ3v) is 5.36. The molecule has 1 fully saturated rings. The van der Waals surface area contributed by atoms with Gasteiger partial charge in [0, 0.05) is 36.4 Å². The third kappa shape index (κ3) is 2.71. The Kier molecular flexibility index (Phi) is 3.50. The van der Waals surface area contributed by atoms with Crippen LogP contribution in [0.5, 0.6) is 0 Å². The number of carbonyl (C=O) groups is 1. The minimum atomic E-state index is -4.42. The van der Waals surface area contributed by atoms with Crippen molar-refractivity contribution in [2.75, 3.05) is 12.4 Å². The molecule has 8 heteroatoms. The summed E-state index contributed by atoms with van der Waals surface area (Å²) in [6, 6.07) is 7.15. The Morgan fingerprint density at radius 3 is 2.75 bits per heavy atom. The van der Waals surface area contributed by atoms with E-state index in [4.69, 9.17) is 0 Å². The number of H-pyrrole nitrogens is 1. The normalized spacial score (nSPS) is 16.7. The molecule has 2 N–H and O–H groups in total. The lowest BCUT2D eigenvalue weighted by Gasteiger charge is -2.12.